The summed E-state index contributed by atoms with van der Waals surface area (Å²) in [6.45, 7) is 4.06. The predicted molar refractivity (Wildman–Crippen MR) is 79.7 cm³/mol. The van der Waals surface area contributed by atoms with Gasteiger partial charge in [0.2, 0.25) is 5.13 Å². The SMILES string of the molecule is Cc1nnc(NC(=O)c2ccc(C#CCN)c(C)c2)s1. The molecule has 0 saturated heterocycles. The van der Waals surface area contributed by atoms with Gasteiger partial charge in [0.25, 0.3) is 5.91 Å². The maximum atomic E-state index is 12.1. The first kappa shape index (κ1) is 14.2. The molecule has 1 aromatic heterocycles. The minimum absolute atomic E-state index is 0.206. The van der Waals surface area contributed by atoms with E-state index in [4.69, 9.17) is 5.73 Å². The number of nitrogens with two attached hydrogens (primary N) is 1. The lowest BCUT2D eigenvalue weighted by molar-refractivity contribution is 0.102. The van der Waals surface area contributed by atoms with Crippen molar-refractivity contribution in [3.05, 3.63) is 39.9 Å². The van der Waals surface area contributed by atoms with Crippen LogP contribution >= 0.6 is 11.3 Å². The van der Waals surface area contributed by atoms with Gasteiger partial charge < -0.3 is 5.73 Å². The van der Waals surface area contributed by atoms with E-state index >= 15 is 0 Å². The highest BCUT2D eigenvalue weighted by Crippen LogP contribution is 2.16. The largest absolute Gasteiger partial charge is 0.320 e. The molecule has 1 aromatic carbocycles. The van der Waals surface area contributed by atoms with Gasteiger partial charge in [-0.05, 0) is 37.6 Å². The topological polar surface area (TPSA) is 80.9 Å². The Morgan fingerprint density at radius 1 is 1.40 bits per heavy atom. The molecular weight excluding hydrogens is 272 g/mol. The van der Waals surface area contributed by atoms with Crippen molar-refractivity contribution in [3.63, 3.8) is 0 Å². The number of aromatic nitrogens is 2. The van der Waals surface area contributed by atoms with Crippen LogP contribution in [0.1, 0.15) is 26.5 Å². The highest BCUT2D eigenvalue weighted by Gasteiger charge is 2.10. The van der Waals surface area contributed by atoms with Crippen LogP contribution in [0.4, 0.5) is 5.13 Å². The van der Waals surface area contributed by atoms with Crippen LogP contribution in [0.3, 0.4) is 0 Å². The van der Waals surface area contributed by atoms with Gasteiger partial charge in [0.05, 0.1) is 6.54 Å². The van der Waals surface area contributed by atoms with Crippen molar-refractivity contribution < 1.29 is 4.79 Å². The molecule has 3 N–H and O–H groups in total. The van der Waals surface area contributed by atoms with E-state index in [2.05, 4.69) is 27.4 Å². The molecule has 0 aliphatic carbocycles. The number of nitrogens with one attached hydrogen (secondary N) is 1. The average molecular weight is 286 g/mol. The van der Waals surface area contributed by atoms with Gasteiger partial charge in [-0.25, -0.2) is 0 Å². The van der Waals surface area contributed by atoms with Crippen LogP contribution in [0.15, 0.2) is 18.2 Å². The number of carbonyl (C=O) groups excluding carboxylic acids is 1. The first-order valence-electron chi connectivity index (χ1n) is 6.01. The molecule has 1 amide bonds. The number of benzene rings is 1. The summed E-state index contributed by atoms with van der Waals surface area (Å²) in [6.07, 6.45) is 0. The molecule has 0 aliphatic heterocycles. The molecular formula is C14H14N4OS. The van der Waals surface area contributed by atoms with E-state index in [-0.39, 0.29) is 5.91 Å². The van der Waals surface area contributed by atoms with E-state index in [1.54, 1.807) is 12.1 Å². The molecule has 0 fully saturated rings. The second-order valence-corrected chi connectivity index (χ2v) is 5.30. The van der Waals surface area contributed by atoms with Crippen molar-refractivity contribution in [2.24, 2.45) is 5.73 Å². The number of nitrogens with zero attached hydrogens (tertiary/aromatic N) is 2. The van der Waals surface area contributed by atoms with Gasteiger partial charge in [0.15, 0.2) is 0 Å². The summed E-state index contributed by atoms with van der Waals surface area (Å²) in [6, 6.07) is 5.35. The Balaban J connectivity index is 2.16. The summed E-state index contributed by atoms with van der Waals surface area (Å²) in [5.74, 6) is 5.56. The Labute approximate surface area is 121 Å². The van der Waals surface area contributed by atoms with Crippen LogP contribution < -0.4 is 11.1 Å². The van der Waals surface area contributed by atoms with Crippen molar-refractivity contribution >= 4 is 22.4 Å². The summed E-state index contributed by atoms with van der Waals surface area (Å²) in [7, 11) is 0. The Morgan fingerprint density at radius 3 is 2.80 bits per heavy atom. The second kappa shape index (κ2) is 6.28. The van der Waals surface area contributed by atoms with Gasteiger partial charge in [-0.3, -0.25) is 10.1 Å². The number of anilines is 1. The molecule has 102 valence electrons. The van der Waals surface area contributed by atoms with Crippen molar-refractivity contribution in [1.82, 2.24) is 10.2 Å². The molecule has 0 atom stereocenters. The van der Waals surface area contributed by atoms with Gasteiger partial charge in [-0.2, -0.15) is 0 Å². The molecule has 20 heavy (non-hydrogen) atoms. The lowest BCUT2D eigenvalue weighted by atomic mass is 10.1. The fourth-order valence-corrected chi connectivity index (χ4v) is 2.19. The predicted octanol–water partition coefficient (Wildman–Crippen LogP) is 1.72. The molecule has 0 unspecified atom stereocenters. The quantitative estimate of drug-likeness (QED) is 0.824. The summed E-state index contributed by atoms with van der Waals surface area (Å²) in [4.78, 5) is 12.1. The van der Waals surface area contributed by atoms with Crippen LogP contribution in [-0.2, 0) is 0 Å². The van der Waals surface area contributed by atoms with Crippen LogP contribution in [0.5, 0.6) is 0 Å². The van der Waals surface area contributed by atoms with E-state index in [9.17, 15) is 4.79 Å². The fourth-order valence-electron chi connectivity index (χ4n) is 1.61. The molecule has 0 saturated carbocycles. The Hall–Kier alpha value is -2.23. The third kappa shape index (κ3) is 3.41. The van der Waals surface area contributed by atoms with E-state index in [0.29, 0.717) is 17.2 Å². The zero-order valence-corrected chi connectivity index (χ0v) is 12.0. The maximum Gasteiger partial charge on any atom is 0.257 e. The van der Waals surface area contributed by atoms with Crippen molar-refractivity contribution in [3.8, 4) is 11.8 Å². The van der Waals surface area contributed by atoms with Gasteiger partial charge in [0, 0.05) is 11.1 Å². The number of hydrogen-bond acceptors (Lipinski definition) is 5. The third-order valence-corrected chi connectivity index (χ3v) is 3.31. The Kier molecular flexibility index (Phi) is 4.45. The van der Waals surface area contributed by atoms with E-state index in [1.807, 2.05) is 19.9 Å². The van der Waals surface area contributed by atoms with Gasteiger partial charge in [-0.15, -0.1) is 10.2 Å². The molecule has 2 rings (SSSR count). The normalized spacial score (nSPS) is 9.75. The molecule has 5 nitrogen and oxygen atoms in total. The molecule has 2 aromatic rings. The number of aryl methyl sites for hydroxylation is 2. The Bertz CT molecular complexity index is 697. The second-order valence-electron chi connectivity index (χ2n) is 4.12. The maximum absolute atomic E-state index is 12.1. The minimum Gasteiger partial charge on any atom is -0.320 e. The standard InChI is InChI=1S/C14H14N4OS/c1-9-8-12(6-5-11(9)4-3-7-15)13(19)16-14-18-17-10(2)20-14/h5-6,8H,7,15H2,1-2H3,(H,16,18,19). The highest BCUT2D eigenvalue weighted by molar-refractivity contribution is 7.15. The van der Waals surface area contributed by atoms with Crippen molar-refractivity contribution in [2.45, 2.75) is 13.8 Å². The highest BCUT2D eigenvalue weighted by atomic mass is 32.1. The fraction of sp³-hybridized carbons (Fsp3) is 0.214. The van der Waals surface area contributed by atoms with Gasteiger partial charge >= 0.3 is 0 Å². The third-order valence-electron chi connectivity index (χ3n) is 2.56. The van der Waals surface area contributed by atoms with Crippen LogP contribution in [0.2, 0.25) is 0 Å². The first-order chi connectivity index (χ1) is 9.60. The van der Waals surface area contributed by atoms with Gasteiger partial charge in [0.1, 0.15) is 5.01 Å². The van der Waals surface area contributed by atoms with E-state index in [1.165, 1.54) is 11.3 Å². The minimum atomic E-state index is -0.206. The van der Waals surface area contributed by atoms with Crippen molar-refractivity contribution in [1.29, 1.82) is 0 Å². The first-order valence-corrected chi connectivity index (χ1v) is 6.83. The molecule has 0 spiro atoms. The Morgan fingerprint density at radius 2 is 2.20 bits per heavy atom. The van der Waals surface area contributed by atoms with Crippen LogP contribution in [-0.4, -0.2) is 22.6 Å². The van der Waals surface area contributed by atoms with E-state index < -0.39 is 0 Å². The smallest absolute Gasteiger partial charge is 0.257 e. The summed E-state index contributed by atoms with van der Waals surface area (Å²) < 4.78 is 0. The van der Waals surface area contributed by atoms with Crippen LogP contribution in [0.25, 0.3) is 0 Å². The summed E-state index contributed by atoms with van der Waals surface area (Å²) in [5.41, 5.74) is 7.72. The zero-order valence-electron chi connectivity index (χ0n) is 11.2. The monoisotopic (exact) mass is 286 g/mol. The van der Waals surface area contributed by atoms with Gasteiger partial charge in [-0.1, -0.05) is 23.2 Å². The molecule has 0 radical (unpaired) electrons. The van der Waals surface area contributed by atoms with E-state index in [0.717, 1.165) is 16.1 Å². The van der Waals surface area contributed by atoms with Crippen molar-refractivity contribution in [2.75, 3.05) is 11.9 Å². The van der Waals surface area contributed by atoms with Crippen LogP contribution in [0, 0.1) is 25.7 Å². The molecule has 1 heterocycles. The zero-order chi connectivity index (χ0) is 14.5. The number of amides is 1. The summed E-state index contributed by atoms with van der Waals surface area (Å²) >= 11 is 1.34. The molecule has 0 aliphatic rings. The number of rotatable bonds is 2. The lowest BCUT2D eigenvalue weighted by Gasteiger charge is -2.04. The lowest BCUT2D eigenvalue weighted by Crippen LogP contribution is -2.12. The molecule has 0 bridgehead atoms. The molecule has 6 heteroatoms. The number of carbonyl (C=O) groups is 1. The summed E-state index contributed by atoms with van der Waals surface area (Å²) in [5, 5.41) is 11.7. The average Bonchev–Trinajstić information content (AvgIpc) is 2.82. The number of hydrogen-bond donors (Lipinski definition) is 2.